The quantitative estimate of drug-likeness (QED) is 0.464. The molecule has 2 heterocycles. The Kier molecular flexibility index (Phi) is 5.89. The van der Waals surface area contributed by atoms with E-state index < -0.39 is 4.92 Å². The summed E-state index contributed by atoms with van der Waals surface area (Å²) in [5.41, 5.74) is 0.604. The van der Waals surface area contributed by atoms with Gasteiger partial charge in [-0.2, -0.15) is 10.2 Å². The summed E-state index contributed by atoms with van der Waals surface area (Å²) < 4.78 is 17.5. The number of aromatic nitrogens is 2. The summed E-state index contributed by atoms with van der Waals surface area (Å²) in [7, 11) is 1.59. The number of benzene rings is 2. The zero-order valence-electron chi connectivity index (χ0n) is 16.5. The zero-order valence-corrected chi connectivity index (χ0v) is 16.5. The van der Waals surface area contributed by atoms with Crippen LogP contribution in [0.1, 0.15) is 12.8 Å². The largest absolute Gasteiger partial charge is 0.493 e. The van der Waals surface area contributed by atoms with E-state index in [1.165, 1.54) is 30.5 Å². The Morgan fingerprint density at radius 3 is 2.60 bits per heavy atom. The van der Waals surface area contributed by atoms with E-state index in [2.05, 4.69) is 15.5 Å². The van der Waals surface area contributed by atoms with Crippen molar-refractivity contribution in [1.82, 2.24) is 15.5 Å². The van der Waals surface area contributed by atoms with Gasteiger partial charge in [0.2, 0.25) is 0 Å². The molecule has 0 bridgehead atoms. The third kappa shape index (κ3) is 4.41. The highest BCUT2D eigenvalue weighted by atomic mass is 16.6. The van der Waals surface area contributed by atoms with Crippen molar-refractivity contribution in [2.75, 3.05) is 26.8 Å². The number of nitro benzene ring substituents is 1. The lowest BCUT2D eigenvalue weighted by molar-refractivity contribution is -0.384. The number of non-ortho nitro benzene ring substituents is 1. The number of rotatable bonds is 7. The molecule has 3 aromatic rings. The molecular formula is C21H22N4O5. The summed E-state index contributed by atoms with van der Waals surface area (Å²) in [5, 5.41) is 23.1. The molecule has 0 atom stereocenters. The fourth-order valence-corrected chi connectivity index (χ4v) is 3.41. The molecule has 2 aromatic carbocycles. The highest BCUT2D eigenvalue weighted by Crippen LogP contribution is 2.37. The first-order chi connectivity index (χ1) is 14.6. The van der Waals surface area contributed by atoms with Crippen molar-refractivity contribution in [2.24, 2.45) is 5.92 Å². The number of nitro groups is 1. The molecule has 1 aliphatic rings. The number of ether oxygens (including phenoxy) is 3. The van der Waals surface area contributed by atoms with Crippen LogP contribution in [0.5, 0.6) is 23.0 Å². The van der Waals surface area contributed by atoms with Crippen LogP contribution in [0.15, 0.2) is 42.6 Å². The van der Waals surface area contributed by atoms with Gasteiger partial charge in [0.1, 0.15) is 11.3 Å². The molecule has 1 saturated heterocycles. The topological polar surface area (TPSA) is 109 Å². The molecule has 0 saturated carbocycles. The first-order valence-electron chi connectivity index (χ1n) is 9.73. The maximum absolute atomic E-state index is 10.8. The zero-order chi connectivity index (χ0) is 20.9. The third-order valence-electron chi connectivity index (χ3n) is 5.10. The minimum absolute atomic E-state index is 0.00253. The van der Waals surface area contributed by atoms with Crippen LogP contribution in [-0.4, -0.2) is 41.9 Å². The van der Waals surface area contributed by atoms with E-state index >= 15 is 0 Å². The van der Waals surface area contributed by atoms with Crippen molar-refractivity contribution in [3.05, 3.63) is 52.7 Å². The summed E-state index contributed by atoms with van der Waals surface area (Å²) in [6.07, 6.45) is 3.67. The van der Waals surface area contributed by atoms with Gasteiger partial charge in [-0.25, -0.2) is 0 Å². The van der Waals surface area contributed by atoms with E-state index in [1.54, 1.807) is 13.2 Å². The fourth-order valence-electron chi connectivity index (χ4n) is 3.41. The maximum atomic E-state index is 10.8. The molecule has 1 aliphatic heterocycles. The number of fused-ring (bicyclic) bond motifs is 1. The van der Waals surface area contributed by atoms with E-state index in [-0.39, 0.29) is 5.69 Å². The van der Waals surface area contributed by atoms with Gasteiger partial charge in [0.05, 0.1) is 30.2 Å². The first-order valence-corrected chi connectivity index (χ1v) is 9.73. The Balaban J connectivity index is 1.58. The fraction of sp³-hybridized carbons (Fsp3) is 0.333. The Labute approximate surface area is 173 Å². The van der Waals surface area contributed by atoms with E-state index in [1.807, 2.05) is 6.07 Å². The minimum atomic E-state index is -0.455. The first kappa shape index (κ1) is 19.8. The van der Waals surface area contributed by atoms with Crippen molar-refractivity contribution >= 4 is 16.6 Å². The van der Waals surface area contributed by atoms with Crippen LogP contribution in [0.3, 0.4) is 0 Å². The van der Waals surface area contributed by atoms with Crippen LogP contribution in [0.4, 0.5) is 5.69 Å². The summed E-state index contributed by atoms with van der Waals surface area (Å²) in [6, 6.07) is 9.46. The third-order valence-corrected chi connectivity index (χ3v) is 5.10. The number of hydrogen-bond acceptors (Lipinski definition) is 8. The van der Waals surface area contributed by atoms with Gasteiger partial charge in [-0.05, 0) is 50.0 Å². The average Bonchev–Trinajstić information content (AvgIpc) is 2.78. The van der Waals surface area contributed by atoms with Crippen molar-refractivity contribution < 1.29 is 19.1 Å². The van der Waals surface area contributed by atoms with Gasteiger partial charge in [-0.15, -0.1) is 0 Å². The van der Waals surface area contributed by atoms with Crippen molar-refractivity contribution in [1.29, 1.82) is 0 Å². The van der Waals surface area contributed by atoms with E-state index in [9.17, 15) is 10.1 Å². The molecule has 1 aromatic heterocycles. The highest BCUT2D eigenvalue weighted by Gasteiger charge is 2.17. The van der Waals surface area contributed by atoms with Crippen LogP contribution in [0.2, 0.25) is 0 Å². The number of nitrogens with zero attached hydrogens (tertiary/aromatic N) is 3. The summed E-state index contributed by atoms with van der Waals surface area (Å²) >= 11 is 0. The summed E-state index contributed by atoms with van der Waals surface area (Å²) in [6.45, 7) is 2.64. The standard InChI is InChI=1S/C21H22N4O5/c1-28-19-10-17-18(11-20(19)29-13-14-6-8-22-9-7-14)24-23-12-21(17)30-16-4-2-15(3-5-16)25(26)27/h2-5,10-12,14,22H,6-9,13H2,1H3. The van der Waals surface area contributed by atoms with Crippen LogP contribution >= 0.6 is 0 Å². The Hall–Kier alpha value is -3.46. The smallest absolute Gasteiger partial charge is 0.269 e. The lowest BCUT2D eigenvalue weighted by atomic mass is 9.99. The Morgan fingerprint density at radius 2 is 1.90 bits per heavy atom. The van der Waals surface area contributed by atoms with Gasteiger partial charge < -0.3 is 19.5 Å². The van der Waals surface area contributed by atoms with Gasteiger partial charge in [0, 0.05) is 18.2 Å². The van der Waals surface area contributed by atoms with Gasteiger partial charge >= 0.3 is 0 Å². The molecule has 0 radical (unpaired) electrons. The maximum Gasteiger partial charge on any atom is 0.269 e. The SMILES string of the molecule is COc1cc2c(Oc3ccc([N+](=O)[O-])cc3)cnnc2cc1OCC1CCNCC1. The monoisotopic (exact) mass is 410 g/mol. The molecule has 9 heteroatoms. The average molecular weight is 410 g/mol. The van der Waals surface area contributed by atoms with E-state index in [0.29, 0.717) is 46.4 Å². The lowest BCUT2D eigenvalue weighted by Crippen LogP contribution is -2.30. The summed E-state index contributed by atoms with van der Waals surface area (Å²) in [4.78, 5) is 10.4. The second kappa shape index (κ2) is 8.91. The molecule has 1 fully saturated rings. The number of nitrogens with one attached hydrogen (secondary N) is 1. The molecule has 4 rings (SSSR count). The van der Waals surface area contributed by atoms with Gasteiger partial charge in [0.25, 0.3) is 5.69 Å². The van der Waals surface area contributed by atoms with Crippen LogP contribution in [-0.2, 0) is 0 Å². The van der Waals surface area contributed by atoms with Crippen molar-refractivity contribution in [3.63, 3.8) is 0 Å². The number of piperidine rings is 1. The van der Waals surface area contributed by atoms with E-state index in [4.69, 9.17) is 14.2 Å². The van der Waals surface area contributed by atoms with Crippen LogP contribution < -0.4 is 19.5 Å². The van der Waals surface area contributed by atoms with Crippen LogP contribution in [0, 0.1) is 16.0 Å². The Bertz CT molecular complexity index is 1040. The van der Waals surface area contributed by atoms with Crippen molar-refractivity contribution in [2.45, 2.75) is 12.8 Å². The molecule has 9 nitrogen and oxygen atoms in total. The van der Waals surface area contributed by atoms with Gasteiger partial charge in [-0.3, -0.25) is 10.1 Å². The highest BCUT2D eigenvalue weighted by molar-refractivity contribution is 5.87. The molecule has 0 aliphatic carbocycles. The van der Waals surface area contributed by atoms with Gasteiger partial charge in [-0.1, -0.05) is 0 Å². The predicted octanol–water partition coefficient (Wildman–Crippen LogP) is 3.72. The normalized spacial score (nSPS) is 14.4. The molecular weight excluding hydrogens is 388 g/mol. The second-order valence-electron chi connectivity index (χ2n) is 7.09. The van der Waals surface area contributed by atoms with E-state index in [0.717, 1.165) is 25.9 Å². The second-order valence-corrected chi connectivity index (χ2v) is 7.09. The summed E-state index contributed by atoms with van der Waals surface area (Å²) in [5.74, 6) is 2.63. The molecule has 0 spiro atoms. The lowest BCUT2D eigenvalue weighted by Gasteiger charge is -2.23. The minimum Gasteiger partial charge on any atom is -0.493 e. The molecule has 30 heavy (non-hydrogen) atoms. The predicted molar refractivity (Wildman–Crippen MR) is 110 cm³/mol. The Morgan fingerprint density at radius 1 is 1.13 bits per heavy atom. The molecule has 0 amide bonds. The van der Waals surface area contributed by atoms with Crippen molar-refractivity contribution in [3.8, 4) is 23.0 Å². The van der Waals surface area contributed by atoms with Gasteiger partial charge in [0.15, 0.2) is 17.2 Å². The van der Waals surface area contributed by atoms with Crippen LogP contribution in [0.25, 0.3) is 10.9 Å². The molecule has 1 N–H and O–H groups in total. The molecule has 0 unspecified atom stereocenters. The molecule has 156 valence electrons. The number of hydrogen-bond donors (Lipinski definition) is 1. The number of methoxy groups -OCH3 is 1.